The number of allylic oxidation sites excluding steroid dienone is 2. The average Bonchev–Trinajstić information content (AvgIpc) is 2.53. The van der Waals surface area contributed by atoms with Gasteiger partial charge in [0.1, 0.15) is 0 Å². The van der Waals surface area contributed by atoms with Gasteiger partial charge in [0, 0.05) is 0 Å². The van der Waals surface area contributed by atoms with E-state index >= 15 is 0 Å². The first kappa shape index (κ1) is 9.93. The van der Waals surface area contributed by atoms with Crippen molar-refractivity contribution in [2.45, 2.75) is 53.4 Å². The zero-order valence-electron chi connectivity index (χ0n) is 10.6. The molecule has 4 atom stereocenters. The minimum Gasteiger partial charge on any atom is -0.0847 e. The molecule has 0 heterocycles. The van der Waals surface area contributed by atoms with Crippen LogP contribution >= 0.6 is 0 Å². The van der Waals surface area contributed by atoms with Gasteiger partial charge in [0.15, 0.2) is 0 Å². The second kappa shape index (κ2) is 2.70. The second-order valence-electron chi connectivity index (χ2n) is 6.88. The van der Waals surface area contributed by atoms with Crippen molar-refractivity contribution in [3.8, 4) is 0 Å². The van der Waals surface area contributed by atoms with Crippen LogP contribution in [0.5, 0.6) is 0 Å². The molecular weight excluding hydrogens is 180 g/mol. The highest BCUT2D eigenvalue weighted by molar-refractivity contribution is 5.28. The third-order valence-corrected chi connectivity index (χ3v) is 6.50. The van der Waals surface area contributed by atoms with Crippen LogP contribution in [0.2, 0.25) is 0 Å². The van der Waals surface area contributed by atoms with Gasteiger partial charge in [-0.25, -0.2) is 0 Å². The van der Waals surface area contributed by atoms with Crippen LogP contribution in [0.3, 0.4) is 0 Å². The highest BCUT2D eigenvalue weighted by Crippen LogP contribution is 2.72. The Balaban J connectivity index is 2.12. The van der Waals surface area contributed by atoms with Crippen molar-refractivity contribution in [2.75, 3.05) is 0 Å². The Morgan fingerprint density at radius 2 is 2.00 bits per heavy atom. The van der Waals surface area contributed by atoms with E-state index in [1.54, 1.807) is 5.57 Å². The van der Waals surface area contributed by atoms with Gasteiger partial charge >= 0.3 is 0 Å². The van der Waals surface area contributed by atoms with Gasteiger partial charge in [-0.15, -0.1) is 0 Å². The largest absolute Gasteiger partial charge is 0.0847 e. The fourth-order valence-corrected chi connectivity index (χ4v) is 5.46. The van der Waals surface area contributed by atoms with E-state index in [0.717, 1.165) is 17.8 Å². The lowest BCUT2D eigenvalue weighted by molar-refractivity contribution is -0.0341. The lowest BCUT2D eigenvalue weighted by atomic mass is 9.52. The molecule has 3 aliphatic rings. The molecule has 84 valence electrons. The fraction of sp³-hybridized carbons (Fsp3) is 0.867. The maximum atomic E-state index is 2.56. The SMILES string of the molecule is CC1=CCC23C1CC(CC[C@H]2C)C3(C)C. The first-order valence-corrected chi connectivity index (χ1v) is 6.67. The molecule has 2 saturated carbocycles. The quantitative estimate of drug-likeness (QED) is 0.513. The molecule has 2 bridgehead atoms. The minimum absolute atomic E-state index is 0.587. The van der Waals surface area contributed by atoms with E-state index in [1.165, 1.54) is 25.7 Å². The monoisotopic (exact) mass is 204 g/mol. The van der Waals surface area contributed by atoms with Crippen LogP contribution < -0.4 is 0 Å². The van der Waals surface area contributed by atoms with Crippen molar-refractivity contribution in [3.05, 3.63) is 11.6 Å². The van der Waals surface area contributed by atoms with Gasteiger partial charge in [-0.2, -0.15) is 0 Å². The highest BCUT2D eigenvalue weighted by Gasteiger charge is 2.65. The molecule has 0 heteroatoms. The summed E-state index contributed by atoms with van der Waals surface area (Å²) in [4.78, 5) is 0. The van der Waals surface area contributed by atoms with Crippen molar-refractivity contribution < 1.29 is 0 Å². The molecule has 0 amide bonds. The molecule has 3 unspecified atom stereocenters. The molecule has 0 N–H and O–H groups in total. The molecule has 1 spiro atoms. The Morgan fingerprint density at radius 3 is 2.73 bits per heavy atom. The summed E-state index contributed by atoms with van der Waals surface area (Å²) in [7, 11) is 0. The molecule has 3 rings (SSSR count). The van der Waals surface area contributed by atoms with E-state index in [0.29, 0.717) is 10.8 Å². The van der Waals surface area contributed by atoms with Crippen molar-refractivity contribution in [2.24, 2.45) is 28.6 Å². The standard InChI is InChI=1S/C15H24/c1-10-7-8-15-11(2)5-6-12(9-13(10)15)14(15,3)4/h7,11-13H,5-6,8-9H2,1-4H3/t11-,12?,13?,15?/m1/s1. The number of hydrogen-bond donors (Lipinski definition) is 0. The summed E-state index contributed by atoms with van der Waals surface area (Å²) in [6.45, 7) is 10.0. The van der Waals surface area contributed by atoms with Crippen LogP contribution in [0.4, 0.5) is 0 Å². The first-order valence-electron chi connectivity index (χ1n) is 6.67. The van der Waals surface area contributed by atoms with Gasteiger partial charge in [-0.3, -0.25) is 0 Å². The minimum atomic E-state index is 0.587. The maximum absolute atomic E-state index is 2.56. The molecule has 0 aromatic carbocycles. The first-order chi connectivity index (χ1) is 7.00. The van der Waals surface area contributed by atoms with Gasteiger partial charge in [-0.05, 0) is 61.2 Å². The van der Waals surface area contributed by atoms with Crippen LogP contribution in [0.15, 0.2) is 11.6 Å². The molecule has 2 fully saturated rings. The van der Waals surface area contributed by atoms with E-state index in [1.807, 2.05) is 0 Å². The van der Waals surface area contributed by atoms with E-state index in [4.69, 9.17) is 0 Å². The summed E-state index contributed by atoms with van der Waals surface area (Å²) < 4.78 is 0. The van der Waals surface area contributed by atoms with Crippen LogP contribution in [0.25, 0.3) is 0 Å². The van der Waals surface area contributed by atoms with E-state index in [-0.39, 0.29) is 0 Å². The predicted octanol–water partition coefficient (Wildman–Crippen LogP) is 4.42. The van der Waals surface area contributed by atoms with Gasteiger partial charge in [0.05, 0.1) is 0 Å². The van der Waals surface area contributed by atoms with Crippen molar-refractivity contribution in [1.82, 2.24) is 0 Å². The Morgan fingerprint density at radius 1 is 1.27 bits per heavy atom. The molecular formula is C15H24. The van der Waals surface area contributed by atoms with Crippen molar-refractivity contribution in [3.63, 3.8) is 0 Å². The molecule has 3 aliphatic carbocycles. The lowest BCUT2D eigenvalue weighted by Crippen LogP contribution is -2.46. The topological polar surface area (TPSA) is 0 Å². The van der Waals surface area contributed by atoms with Crippen LogP contribution in [-0.2, 0) is 0 Å². The van der Waals surface area contributed by atoms with Gasteiger partial charge in [0.2, 0.25) is 0 Å². The zero-order chi connectivity index (χ0) is 10.8. The molecule has 15 heavy (non-hydrogen) atoms. The Labute approximate surface area is 94.1 Å². The predicted molar refractivity (Wildman–Crippen MR) is 64.6 cm³/mol. The molecule has 0 nitrogen and oxygen atoms in total. The van der Waals surface area contributed by atoms with Gasteiger partial charge in [0.25, 0.3) is 0 Å². The van der Waals surface area contributed by atoms with Crippen molar-refractivity contribution >= 4 is 0 Å². The number of hydrogen-bond acceptors (Lipinski definition) is 0. The molecule has 0 saturated heterocycles. The summed E-state index contributed by atoms with van der Waals surface area (Å²) >= 11 is 0. The van der Waals surface area contributed by atoms with Crippen LogP contribution in [0, 0.1) is 28.6 Å². The van der Waals surface area contributed by atoms with Crippen molar-refractivity contribution in [1.29, 1.82) is 0 Å². The number of rotatable bonds is 0. The zero-order valence-corrected chi connectivity index (χ0v) is 10.6. The molecule has 0 aromatic rings. The Bertz CT molecular complexity index is 323. The average molecular weight is 204 g/mol. The molecule has 0 aromatic heterocycles. The van der Waals surface area contributed by atoms with Crippen LogP contribution in [0.1, 0.15) is 53.4 Å². The summed E-state index contributed by atoms with van der Waals surface area (Å²) in [5.41, 5.74) is 2.93. The number of fused-ring (bicyclic) bond motifs is 1. The summed E-state index contributed by atoms with van der Waals surface area (Å²) in [6.07, 6.45) is 8.36. The smallest absolute Gasteiger partial charge is 0.0118 e. The summed E-state index contributed by atoms with van der Waals surface area (Å²) in [5.74, 6) is 2.86. The third-order valence-electron chi connectivity index (χ3n) is 6.50. The van der Waals surface area contributed by atoms with Crippen LogP contribution in [-0.4, -0.2) is 0 Å². The Hall–Kier alpha value is -0.260. The summed E-state index contributed by atoms with van der Waals surface area (Å²) in [6, 6.07) is 0. The second-order valence-corrected chi connectivity index (χ2v) is 6.88. The highest BCUT2D eigenvalue weighted by atomic mass is 14.7. The lowest BCUT2D eigenvalue weighted by Gasteiger charge is -2.52. The molecule has 0 radical (unpaired) electrons. The third kappa shape index (κ3) is 0.905. The molecule has 0 aliphatic heterocycles. The Kier molecular flexibility index (Phi) is 1.79. The van der Waals surface area contributed by atoms with Gasteiger partial charge < -0.3 is 0 Å². The van der Waals surface area contributed by atoms with Gasteiger partial charge in [-0.1, -0.05) is 32.4 Å². The van der Waals surface area contributed by atoms with E-state index in [2.05, 4.69) is 33.8 Å². The normalized spacial score (nSPS) is 51.5. The maximum Gasteiger partial charge on any atom is -0.0118 e. The fourth-order valence-electron chi connectivity index (χ4n) is 5.46. The van der Waals surface area contributed by atoms with E-state index in [9.17, 15) is 0 Å². The summed E-state index contributed by atoms with van der Waals surface area (Å²) in [5, 5.41) is 0. The van der Waals surface area contributed by atoms with E-state index < -0.39 is 0 Å².